The molecule has 2 N–H and O–H groups in total. The molecule has 3 amide bonds. The fraction of sp³-hybridized carbons (Fsp3) is 0.368. The topological polar surface area (TPSA) is 70.7 Å². The molecule has 0 unspecified atom stereocenters. The fourth-order valence-electron chi connectivity index (χ4n) is 3.10. The van der Waals surface area contributed by atoms with E-state index in [2.05, 4.69) is 10.6 Å². The normalized spacial score (nSPS) is 15.0. The Balaban J connectivity index is 1.54. The molecule has 0 aromatic heterocycles. The quantitative estimate of drug-likeness (QED) is 0.896. The Hall–Kier alpha value is -2.76. The third-order valence-electron chi connectivity index (χ3n) is 4.39. The van der Waals surface area contributed by atoms with Gasteiger partial charge in [0.25, 0.3) is 0 Å². The van der Waals surface area contributed by atoms with Gasteiger partial charge in [0, 0.05) is 24.5 Å². The van der Waals surface area contributed by atoms with E-state index in [4.69, 9.17) is 4.74 Å². The van der Waals surface area contributed by atoms with E-state index in [1.54, 1.807) is 11.8 Å². The van der Waals surface area contributed by atoms with Gasteiger partial charge >= 0.3 is 12.1 Å². The van der Waals surface area contributed by atoms with Crippen molar-refractivity contribution in [2.45, 2.75) is 25.8 Å². The van der Waals surface area contributed by atoms with Gasteiger partial charge in [0.1, 0.15) is 0 Å². The van der Waals surface area contributed by atoms with Crippen molar-refractivity contribution in [2.24, 2.45) is 0 Å². The SMILES string of the molecule is CCOC(=O)N1CCC(NC(=O)Nc2cccc3ccccc23)CC1. The van der Waals surface area contributed by atoms with Crippen molar-refractivity contribution >= 4 is 28.6 Å². The van der Waals surface area contributed by atoms with Crippen molar-refractivity contribution < 1.29 is 14.3 Å². The molecule has 0 aliphatic carbocycles. The van der Waals surface area contributed by atoms with E-state index in [0.717, 1.165) is 29.3 Å². The first kappa shape index (κ1) is 17.1. The van der Waals surface area contributed by atoms with Gasteiger partial charge in [0.05, 0.1) is 12.3 Å². The van der Waals surface area contributed by atoms with Crippen LogP contribution in [0.4, 0.5) is 15.3 Å². The van der Waals surface area contributed by atoms with Gasteiger partial charge < -0.3 is 20.3 Å². The van der Waals surface area contributed by atoms with Crippen LogP contribution in [-0.4, -0.2) is 42.8 Å². The smallest absolute Gasteiger partial charge is 0.409 e. The molecule has 1 fully saturated rings. The summed E-state index contributed by atoms with van der Waals surface area (Å²) >= 11 is 0. The lowest BCUT2D eigenvalue weighted by molar-refractivity contribution is 0.0959. The van der Waals surface area contributed by atoms with Crippen molar-refractivity contribution in [3.63, 3.8) is 0 Å². The Bertz CT molecular complexity index is 749. The van der Waals surface area contributed by atoms with Gasteiger partial charge in [-0.25, -0.2) is 9.59 Å². The van der Waals surface area contributed by atoms with Gasteiger partial charge in [-0.1, -0.05) is 36.4 Å². The summed E-state index contributed by atoms with van der Waals surface area (Å²) in [4.78, 5) is 25.7. The number of carbonyl (C=O) groups is 2. The number of benzene rings is 2. The second-order valence-corrected chi connectivity index (χ2v) is 6.09. The average Bonchev–Trinajstić information content (AvgIpc) is 2.63. The molecule has 2 aromatic carbocycles. The largest absolute Gasteiger partial charge is 0.450 e. The maximum atomic E-state index is 12.3. The minimum absolute atomic E-state index is 0.0562. The molecule has 2 aromatic rings. The molecule has 6 heteroatoms. The monoisotopic (exact) mass is 341 g/mol. The molecule has 0 atom stereocenters. The number of piperidine rings is 1. The highest BCUT2D eigenvalue weighted by atomic mass is 16.6. The van der Waals surface area contributed by atoms with Gasteiger partial charge in [-0.2, -0.15) is 0 Å². The third kappa shape index (κ3) is 4.21. The Kier molecular flexibility index (Phi) is 5.38. The van der Waals surface area contributed by atoms with Crippen LogP contribution < -0.4 is 10.6 Å². The Morgan fingerprint density at radius 1 is 1.12 bits per heavy atom. The van der Waals surface area contributed by atoms with E-state index >= 15 is 0 Å². The lowest BCUT2D eigenvalue weighted by Gasteiger charge is -2.31. The fourth-order valence-corrected chi connectivity index (χ4v) is 3.10. The van der Waals surface area contributed by atoms with Crippen LogP contribution in [0.25, 0.3) is 10.8 Å². The number of carbonyl (C=O) groups excluding carboxylic acids is 2. The summed E-state index contributed by atoms with van der Waals surface area (Å²) in [7, 11) is 0. The molecule has 25 heavy (non-hydrogen) atoms. The standard InChI is InChI=1S/C19H23N3O3/c1-2-25-19(24)22-12-10-15(11-13-22)20-18(23)21-17-9-5-7-14-6-3-4-8-16(14)17/h3-9,15H,2,10-13H2,1H3,(H2,20,21,23). The van der Waals surface area contributed by atoms with E-state index in [1.165, 1.54) is 0 Å². The summed E-state index contributed by atoms with van der Waals surface area (Å²) in [5, 5.41) is 8.02. The van der Waals surface area contributed by atoms with Gasteiger partial charge in [0.15, 0.2) is 0 Å². The number of rotatable bonds is 3. The molecule has 1 heterocycles. The molecule has 0 bridgehead atoms. The van der Waals surface area contributed by atoms with Crippen molar-refractivity contribution in [3.05, 3.63) is 42.5 Å². The number of fused-ring (bicyclic) bond motifs is 1. The molecule has 0 saturated carbocycles. The number of likely N-dealkylation sites (tertiary alicyclic amines) is 1. The molecular weight excluding hydrogens is 318 g/mol. The van der Waals surface area contributed by atoms with Crippen LogP contribution in [0.15, 0.2) is 42.5 Å². The number of urea groups is 1. The zero-order valence-corrected chi connectivity index (χ0v) is 14.3. The predicted octanol–water partition coefficient (Wildman–Crippen LogP) is 3.58. The Morgan fingerprint density at radius 3 is 2.60 bits per heavy atom. The van der Waals surface area contributed by atoms with Gasteiger partial charge in [-0.05, 0) is 31.2 Å². The van der Waals surface area contributed by atoms with E-state index < -0.39 is 0 Å². The van der Waals surface area contributed by atoms with Gasteiger partial charge in [0.2, 0.25) is 0 Å². The van der Waals surface area contributed by atoms with E-state index in [1.807, 2.05) is 42.5 Å². The van der Waals surface area contributed by atoms with Crippen LogP contribution in [0.2, 0.25) is 0 Å². The molecular formula is C19H23N3O3. The molecule has 3 rings (SSSR count). The first-order valence-electron chi connectivity index (χ1n) is 8.64. The molecule has 6 nitrogen and oxygen atoms in total. The Morgan fingerprint density at radius 2 is 1.84 bits per heavy atom. The van der Waals surface area contributed by atoms with E-state index in [0.29, 0.717) is 19.7 Å². The maximum Gasteiger partial charge on any atom is 0.409 e. The van der Waals surface area contributed by atoms with Crippen molar-refractivity contribution in [2.75, 3.05) is 25.0 Å². The second kappa shape index (κ2) is 7.88. The van der Waals surface area contributed by atoms with Gasteiger partial charge in [-0.3, -0.25) is 0 Å². The minimum Gasteiger partial charge on any atom is -0.450 e. The Labute approximate surface area is 147 Å². The summed E-state index contributed by atoms with van der Waals surface area (Å²) < 4.78 is 5.00. The zero-order valence-electron chi connectivity index (χ0n) is 14.3. The summed E-state index contributed by atoms with van der Waals surface area (Å²) in [5.74, 6) is 0. The van der Waals surface area contributed by atoms with Crippen molar-refractivity contribution in [1.82, 2.24) is 10.2 Å². The van der Waals surface area contributed by atoms with Crippen molar-refractivity contribution in [1.29, 1.82) is 0 Å². The highest BCUT2D eigenvalue weighted by Crippen LogP contribution is 2.23. The zero-order chi connectivity index (χ0) is 17.6. The number of anilines is 1. The summed E-state index contributed by atoms with van der Waals surface area (Å²) in [5.41, 5.74) is 0.791. The maximum absolute atomic E-state index is 12.3. The van der Waals surface area contributed by atoms with E-state index in [9.17, 15) is 9.59 Å². The highest BCUT2D eigenvalue weighted by Gasteiger charge is 2.24. The van der Waals surface area contributed by atoms with Gasteiger partial charge in [-0.15, -0.1) is 0 Å². The molecule has 1 saturated heterocycles. The van der Waals surface area contributed by atoms with Crippen LogP contribution >= 0.6 is 0 Å². The van der Waals surface area contributed by atoms with E-state index in [-0.39, 0.29) is 18.2 Å². The van der Waals surface area contributed by atoms with Crippen LogP contribution in [0.1, 0.15) is 19.8 Å². The minimum atomic E-state index is -0.277. The first-order chi connectivity index (χ1) is 12.2. The lowest BCUT2D eigenvalue weighted by atomic mass is 10.1. The predicted molar refractivity (Wildman–Crippen MR) is 97.7 cm³/mol. The number of amides is 3. The average molecular weight is 341 g/mol. The molecule has 1 aliphatic heterocycles. The molecule has 1 aliphatic rings. The summed E-state index contributed by atoms with van der Waals surface area (Å²) in [6.45, 7) is 3.37. The number of hydrogen-bond donors (Lipinski definition) is 2. The highest BCUT2D eigenvalue weighted by molar-refractivity contribution is 6.01. The third-order valence-corrected chi connectivity index (χ3v) is 4.39. The number of nitrogens with zero attached hydrogens (tertiary/aromatic N) is 1. The number of hydrogen-bond acceptors (Lipinski definition) is 3. The first-order valence-corrected chi connectivity index (χ1v) is 8.64. The van der Waals surface area contributed by atoms with Crippen molar-refractivity contribution in [3.8, 4) is 0 Å². The van der Waals surface area contributed by atoms with Crippen LogP contribution in [0.5, 0.6) is 0 Å². The van der Waals surface area contributed by atoms with Crippen LogP contribution in [-0.2, 0) is 4.74 Å². The number of nitrogens with one attached hydrogen (secondary N) is 2. The lowest BCUT2D eigenvalue weighted by Crippen LogP contribution is -2.47. The molecule has 0 radical (unpaired) electrons. The number of ether oxygens (including phenoxy) is 1. The molecule has 0 spiro atoms. The summed E-state index contributed by atoms with van der Waals surface area (Å²) in [6.07, 6.45) is 1.17. The van der Waals surface area contributed by atoms with Crippen LogP contribution in [0.3, 0.4) is 0 Å². The second-order valence-electron chi connectivity index (χ2n) is 6.09. The summed E-state index contributed by atoms with van der Waals surface area (Å²) in [6, 6.07) is 13.6. The van der Waals surface area contributed by atoms with Crippen LogP contribution in [0, 0.1) is 0 Å². The molecule has 132 valence electrons.